The van der Waals surface area contributed by atoms with Gasteiger partial charge in [0, 0.05) is 19.0 Å². The number of benzene rings is 2. The van der Waals surface area contributed by atoms with Crippen molar-refractivity contribution in [3.05, 3.63) is 48.0 Å². The quantitative estimate of drug-likeness (QED) is 0.785. The standard InChI is InChI=1S/C17H19NO2/c1-12-9-16(11-18(12)2)20-17(19)15-8-7-13-5-3-4-6-14(13)10-15/h3-8,10,12,16H,9,11H2,1-2H3. The fraction of sp³-hybridized carbons (Fsp3) is 0.353. The topological polar surface area (TPSA) is 29.5 Å². The lowest BCUT2D eigenvalue weighted by Gasteiger charge is -2.13. The van der Waals surface area contributed by atoms with Crippen LogP contribution in [0.1, 0.15) is 23.7 Å². The van der Waals surface area contributed by atoms with Gasteiger partial charge in [0.05, 0.1) is 5.56 Å². The Morgan fingerprint density at radius 3 is 2.65 bits per heavy atom. The second-order valence-corrected chi connectivity index (χ2v) is 5.61. The number of hydrogen-bond donors (Lipinski definition) is 0. The number of nitrogens with zero attached hydrogens (tertiary/aromatic N) is 1. The summed E-state index contributed by atoms with van der Waals surface area (Å²) in [6, 6.07) is 14.2. The summed E-state index contributed by atoms with van der Waals surface area (Å²) in [6.45, 7) is 2.98. The number of carbonyl (C=O) groups excluding carboxylic acids is 1. The maximum absolute atomic E-state index is 12.2. The van der Waals surface area contributed by atoms with E-state index in [4.69, 9.17) is 4.74 Å². The normalized spacial score (nSPS) is 23.1. The van der Waals surface area contributed by atoms with Crippen LogP contribution in [0.25, 0.3) is 10.8 Å². The van der Waals surface area contributed by atoms with Crippen LogP contribution in [0.3, 0.4) is 0 Å². The van der Waals surface area contributed by atoms with Crippen molar-refractivity contribution in [1.29, 1.82) is 0 Å². The minimum Gasteiger partial charge on any atom is -0.457 e. The van der Waals surface area contributed by atoms with Crippen LogP contribution >= 0.6 is 0 Å². The number of rotatable bonds is 2. The van der Waals surface area contributed by atoms with Crippen molar-refractivity contribution in [1.82, 2.24) is 4.90 Å². The Hall–Kier alpha value is -1.87. The molecule has 20 heavy (non-hydrogen) atoms. The Kier molecular flexibility index (Phi) is 3.45. The number of likely N-dealkylation sites (tertiary alicyclic amines) is 1. The molecule has 3 rings (SSSR count). The van der Waals surface area contributed by atoms with Crippen molar-refractivity contribution in [3.63, 3.8) is 0 Å². The van der Waals surface area contributed by atoms with E-state index in [9.17, 15) is 4.79 Å². The molecular formula is C17H19NO2. The molecule has 0 aliphatic carbocycles. The van der Waals surface area contributed by atoms with Gasteiger partial charge >= 0.3 is 5.97 Å². The van der Waals surface area contributed by atoms with Gasteiger partial charge in [-0.15, -0.1) is 0 Å². The molecule has 0 bridgehead atoms. The van der Waals surface area contributed by atoms with Crippen LogP contribution < -0.4 is 0 Å². The lowest BCUT2D eigenvalue weighted by atomic mass is 10.1. The van der Waals surface area contributed by atoms with Crippen LogP contribution in [0.2, 0.25) is 0 Å². The van der Waals surface area contributed by atoms with Gasteiger partial charge in [0.1, 0.15) is 6.10 Å². The first kappa shape index (κ1) is 13.1. The number of ether oxygens (including phenoxy) is 1. The zero-order chi connectivity index (χ0) is 14.1. The molecule has 1 fully saturated rings. The Labute approximate surface area is 119 Å². The van der Waals surface area contributed by atoms with Gasteiger partial charge in [0.25, 0.3) is 0 Å². The first-order valence-corrected chi connectivity index (χ1v) is 7.03. The van der Waals surface area contributed by atoms with E-state index in [1.807, 2.05) is 42.5 Å². The van der Waals surface area contributed by atoms with Crippen molar-refractivity contribution in [2.45, 2.75) is 25.5 Å². The van der Waals surface area contributed by atoms with E-state index in [-0.39, 0.29) is 12.1 Å². The Morgan fingerprint density at radius 2 is 1.95 bits per heavy atom. The van der Waals surface area contributed by atoms with Crippen LogP contribution in [0.5, 0.6) is 0 Å². The molecule has 3 nitrogen and oxygen atoms in total. The molecule has 2 aromatic carbocycles. The molecule has 0 radical (unpaired) electrons. The van der Waals surface area contributed by atoms with Crippen LogP contribution in [-0.2, 0) is 4.74 Å². The summed E-state index contributed by atoms with van der Waals surface area (Å²) in [5.41, 5.74) is 0.630. The monoisotopic (exact) mass is 269 g/mol. The SMILES string of the molecule is CC1CC(OC(=O)c2ccc3ccccc3c2)CN1C. The van der Waals surface area contributed by atoms with Gasteiger partial charge in [-0.2, -0.15) is 0 Å². The average Bonchev–Trinajstić information content (AvgIpc) is 2.76. The summed E-state index contributed by atoms with van der Waals surface area (Å²) in [7, 11) is 2.06. The summed E-state index contributed by atoms with van der Waals surface area (Å²) < 4.78 is 5.61. The molecule has 3 heteroatoms. The van der Waals surface area contributed by atoms with E-state index in [2.05, 4.69) is 18.9 Å². The Morgan fingerprint density at radius 1 is 1.20 bits per heavy atom. The molecule has 2 aromatic rings. The van der Waals surface area contributed by atoms with Crippen LogP contribution in [0, 0.1) is 0 Å². The van der Waals surface area contributed by atoms with Crippen molar-refractivity contribution in [2.75, 3.05) is 13.6 Å². The van der Waals surface area contributed by atoms with Gasteiger partial charge in [-0.1, -0.05) is 30.3 Å². The van der Waals surface area contributed by atoms with E-state index in [1.165, 1.54) is 0 Å². The molecule has 1 aliphatic rings. The van der Waals surface area contributed by atoms with Crippen molar-refractivity contribution in [2.24, 2.45) is 0 Å². The molecular weight excluding hydrogens is 250 g/mol. The number of fused-ring (bicyclic) bond motifs is 1. The fourth-order valence-electron chi connectivity index (χ4n) is 2.76. The molecule has 0 spiro atoms. The fourth-order valence-corrected chi connectivity index (χ4v) is 2.76. The molecule has 1 aliphatic heterocycles. The molecule has 0 amide bonds. The van der Waals surface area contributed by atoms with Crippen molar-refractivity contribution in [3.8, 4) is 0 Å². The maximum Gasteiger partial charge on any atom is 0.338 e. The molecule has 1 saturated heterocycles. The molecule has 0 aromatic heterocycles. The smallest absolute Gasteiger partial charge is 0.338 e. The zero-order valence-corrected chi connectivity index (χ0v) is 11.9. The molecule has 2 unspecified atom stereocenters. The Balaban J connectivity index is 1.75. The molecule has 0 saturated carbocycles. The highest BCUT2D eigenvalue weighted by Crippen LogP contribution is 2.21. The van der Waals surface area contributed by atoms with Gasteiger partial charge in [-0.25, -0.2) is 4.79 Å². The Bertz CT molecular complexity index is 628. The molecule has 1 heterocycles. The number of hydrogen-bond acceptors (Lipinski definition) is 3. The minimum absolute atomic E-state index is 0.00831. The van der Waals surface area contributed by atoms with Gasteiger partial charge in [-0.3, -0.25) is 4.90 Å². The maximum atomic E-state index is 12.2. The van der Waals surface area contributed by atoms with Gasteiger partial charge in [0.2, 0.25) is 0 Å². The lowest BCUT2D eigenvalue weighted by Crippen LogP contribution is -2.24. The number of carbonyl (C=O) groups is 1. The second kappa shape index (κ2) is 5.25. The number of likely N-dealkylation sites (N-methyl/N-ethyl adjacent to an activating group) is 1. The van der Waals surface area contributed by atoms with Crippen molar-refractivity contribution >= 4 is 16.7 Å². The highest BCUT2D eigenvalue weighted by Gasteiger charge is 2.29. The van der Waals surface area contributed by atoms with E-state index in [0.29, 0.717) is 11.6 Å². The van der Waals surface area contributed by atoms with E-state index in [0.717, 1.165) is 23.7 Å². The zero-order valence-electron chi connectivity index (χ0n) is 11.9. The predicted octanol–water partition coefficient (Wildman–Crippen LogP) is 3.09. The third-order valence-electron chi connectivity index (χ3n) is 4.11. The molecule has 0 N–H and O–H groups in total. The van der Waals surface area contributed by atoms with E-state index >= 15 is 0 Å². The first-order chi connectivity index (χ1) is 9.63. The second-order valence-electron chi connectivity index (χ2n) is 5.61. The minimum atomic E-state index is -0.219. The van der Waals surface area contributed by atoms with Crippen LogP contribution in [0.4, 0.5) is 0 Å². The third-order valence-corrected chi connectivity index (χ3v) is 4.11. The third kappa shape index (κ3) is 2.54. The summed E-state index contributed by atoms with van der Waals surface area (Å²) >= 11 is 0. The number of esters is 1. The summed E-state index contributed by atoms with van der Waals surface area (Å²) in [4.78, 5) is 14.4. The van der Waals surface area contributed by atoms with Gasteiger partial charge in [-0.05, 0) is 36.9 Å². The van der Waals surface area contributed by atoms with Crippen LogP contribution in [-0.4, -0.2) is 36.6 Å². The predicted molar refractivity (Wildman–Crippen MR) is 79.9 cm³/mol. The molecule has 104 valence electrons. The van der Waals surface area contributed by atoms with Gasteiger partial charge in [0.15, 0.2) is 0 Å². The summed E-state index contributed by atoms with van der Waals surface area (Å²) in [6.07, 6.45) is 0.921. The van der Waals surface area contributed by atoms with E-state index in [1.54, 1.807) is 0 Å². The van der Waals surface area contributed by atoms with Crippen LogP contribution in [0.15, 0.2) is 42.5 Å². The molecule has 2 atom stereocenters. The van der Waals surface area contributed by atoms with Gasteiger partial charge < -0.3 is 4.74 Å². The lowest BCUT2D eigenvalue weighted by molar-refractivity contribution is 0.0326. The van der Waals surface area contributed by atoms with E-state index < -0.39 is 0 Å². The highest BCUT2D eigenvalue weighted by molar-refractivity contribution is 5.95. The average molecular weight is 269 g/mol. The summed E-state index contributed by atoms with van der Waals surface area (Å²) in [5.74, 6) is -0.219. The summed E-state index contributed by atoms with van der Waals surface area (Å²) in [5, 5.41) is 2.21. The van der Waals surface area contributed by atoms with Crippen molar-refractivity contribution < 1.29 is 9.53 Å². The largest absolute Gasteiger partial charge is 0.457 e. The first-order valence-electron chi connectivity index (χ1n) is 7.03. The highest BCUT2D eigenvalue weighted by atomic mass is 16.5.